The van der Waals surface area contributed by atoms with E-state index in [-0.39, 0.29) is 6.42 Å². The van der Waals surface area contributed by atoms with Gasteiger partial charge in [-0.1, -0.05) is 22.0 Å². The van der Waals surface area contributed by atoms with Crippen molar-refractivity contribution in [2.45, 2.75) is 19.4 Å². The lowest BCUT2D eigenvalue weighted by Gasteiger charge is -2.31. The van der Waals surface area contributed by atoms with Crippen molar-refractivity contribution in [1.82, 2.24) is 5.32 Å². The summed E-state index contributed by atoms with van der Waals surface area (Å²) in [6.45, 7) is 4.80. The monoisotopic (exact) mass is 356 g/mol. The van der Waals surface area contributed by atoms with Gasteiger partial charge in [0, 0.05) is 36.2 Å². The van der Waals surface area contributed by atoms with E-state index in [1.807, 2.05) is 6.07 Å². The second kappa shape index (κ2) is 8.36. The van der Waals surface area contributed by atoms with Gasteiger partial charge in [0.2, 0.25) is 0 Å². The lowest BCUT2D eigenvalue weighted by molar-refractivity contribution is -0.137. The van der Waals surface area contributed by atoms with E-state index in [0.29, 0.717) is 13.0 Å². The van der Waals surface area contributed by atoms with E-state index >= 15 is 0 Å². The number of ether oxygens (including phenoxy) is 1. The molecule has 1 aromatic rings. The van der Waals surface area contributed by atoms with Crippen LogP contribution in [0.15, 0.2) is 22.7 Å². The molecule has 0 aliphatic carbocycles. The van der Waals surface area contributed by atoms with Crippen molar-refractivity contribution in [2.75, 3.05) is 37.7 Å². The zero-order valence-corrected chi connectivity index (χ0v) is 13.6. The smallest absolute Gasteiger partial charge is 0.303 e. The molecule has 116 valence electrons. The summed E-state index contributed by atoms with van der Waals surface area (Å²) < 4.78 is 6.47. The first kappa shape index (κ1) is 16.3. The topological polar surface area (TPSA) is 61.8 Å². The Labute approximate surface area is 133 Å². The maximum Gasteiger partial charge on any atom is 0.303 e. The molecule has 0 spiro atoms. The molecule has 0 atom stereocenters. The largest absolute Gasteiger partial charge is 0.481 e. The summed E-state index contributed by atoms with van der Waals surface area (Å²) in [5.74, 6) is -0.741. The Bertz CT molecular complexity index is 476. The summed E-state index contributed by atoms with van der Waals surface area (Å²) in [4.78, 5) is 12.8. The fourth-order valence-electron chi connectivity index (χ4n) is 2.37. The van der Waals surface area contributed by atoms with Crippen molar-refractivity contribution in [3.05, 3.63) is 28.2 Å². The highest BCUT2D eigenvalue weighted by molar-refractivity contribution is 9.10. The number of benzene rings is 1. The Hall–Kier alpha value is -1.11. The molecule has 0 unspecified atom stereocenters. The molecule has 1 fully saturated rings. The zero-order valence-electron chi connectivity index (χ0n) is 12.0. The molecule has 1 saturated heterocycles. The van der Waals surface area contributed by atoms with Crippen LogP contribution in [0.4, 0.5) is 5.69 Å². The van der Waals surface area contributed by atoms with Crippen LogP contribution < -0.4 is 10.2 Å². The molecule has 21 heavy (non-hydrogen) atoms. The first-order chi connectivity index (χ1) is 10.2. The summed E-state index contributed by atoms with van der Waals surface area (Å²) >= 11 is 3.53. The standard InChI is InChI=1S/C15H21BrN2O3/c16-13-4-3-12(11-17-5-1-2-15(19)20)14(10-13)18-6-8-21-9-7-18/h3-4,10,17H,1-2,5-9,11H2,(H,19,20). The SMILES string of the molecule is O=C(O)CCCNCc1ccc(Br)cc1N1CCOCC1. The van der Waals surface area contributed by atoms with Crippen LogP contribution in [0.3, 0.4) is 0 Å². The molecule has 6 heteroatoms. The van der Waals surface area contributed by atoms with Crippen LogP contribution in [0.2, 0.25) is 0 Å². The van der Waals surface area contributed by atoms with Crippen LogP contribution in [0.5, 0.6) is 0 Å². The number of carboxylic acids is 1. The fraction of sp³-hybridized carbons (Fsp3) is 0.533. The van der Waals surface area contributed by atoms with E-state index in [1.54, 1.807) is 0 Å². The summed E-state index contributed by atoms with van der Waals surface area (Å²) in [7, 11) is 0. The van der Waals surface area contributed by atoms with E-state index < -0.39 is 5.97 Å². The van der Waals surface area contributed by atoms with Crippen LogP contribution in [-0.4, -0.2) is 43.9 Å². The first-order valence-corrected chi connectivity index (χ1v) is 8.00. The molecule has 0 saturated carbocycles. The van der Waals surface area contributed by atoms with Gasteiger partial charge in [-0.15, -0.1) is 0 Å². The molecular weight excluding hydrogens is 336 g/mol. The maximum absolute atomic E-state index is 10.5. The van der Waals surface area contributed by atoms with Crippen molar-refractivity contribution in [3.8, 4) is 0 Å². The quantitative estimate of drug-likeness (QED) is 0.733. The minimum Gasteiger partial charge on any atom is -0.481 e. The number of halogens is 1. The molecule has 1 aliphatic heterocycles. The third kappa shape index (κ3) is 5.30. The number of hydrogen-bond acceptors (Lipinski definition) is 4. The van der Waals surface area contributed by atoms with Crippen LogP contribution >= 0.6 is 15.9 Å². The zero-order chi connectivity index (χ0) is 15.1. The molecule has 1 aliphatic rings. The predicted octanol–water partition coefficient (Wildman–Crippen LogP) is 2.24. The van der Waals surface area contributed by atoms with Crippen LogP contribution in [-0.2, 0) is 16.1 Å². The second-order valence-corrected chi connectivity index (χ2v) is 5.96. The predicted molar refractivity (Wildman–Crippen MR) is 85.8 cm³/mol. The van der Waals surface area contributed by atoms with E-state index in [2.05, 4.69) is 38.3 Å². The summed E-state index contributed by atoms with van der Waals surface area (Å²) in [5.41, 5.74) is 2.45. The van der Waals surface area contributed by atoms with Gasteiger partial charge in [-0.05, 0) is 30.7 Å². The first-order valence-electron chi connectivity index (χ1n) is 7.20. The Balaban J connectivity index is 1.93. The van der Waals surface area contributed by atoms with Gasteiger partial charge in [0.15, 0.2) is 0 Å². The Morgan fingerprint density at radius 3 is 2.86 bits per heavy atom. The number of morpholine rings is 1. The lowest BCUT2D eigenvalue weighted by atomic mass is 10.1. The number of rotatable bonds is 7. The summed E-state index contributed by atoms with van der Waals surface area (Å²) in [5, 5.41) is 11.9. The highest BCUT2D eigenvalue weighted by Crippen LogP contribution is 2.26. The number of carbonyl (C=O) groups is 1. The van der Waals surface area contributed by atoms with Crippen molar-refractivity contribution < 1.29 is 14.6 Å². The van der Waals surface area contributed by atoms with Gasteiger partial charge in [-0.3, -0.25) is 4.79 Å². The molecule has 2 rings (SSSR count). The molecule has 5 nitrogen and oxygen atoms in total. The van der Waals surface area contributed by atoms with Crippen molar-refractivity contribution in [1.29, 1.82) is 0 Å². The molecule has 1 aromatic carbocycles. The number of hydrogen-bond donors (Lipinski definition) is 2. The molecule has 0 bridgehead atoms. The van der Waals surface area contributed by atoms with E-state index in [4.69, 9.17) is 9.84 Å². The number of aliphatic carboxylic acids is 1. The fourth-order valence-corrected chi connectivity index (χ4v) is 2.72. The molecular formula is C15H21BrN2O3. The number of anilines is 1. The average Bonchev–Trinajstić information content (AvgIpc) is 2.49. The number of nitrogens with zero attached hydrogens (tertiary/aromatic N) is 1. The van der Waals surface area contributed by atoms with Gasteiger partial charge >= 0.3 is 5.97 Å². The van der Waals surface area contributed by atoms with Gasteiger partial charge < -0.3 is 20.1 Å². The van der Waals surface area contributed by atoms with Gasteiger partial charge in [0.05, 0.1) is 13.2 Å². The third-order valence-corrected chi connectivity index (χ3v) is 3.95. The Kier molecular flexibility index (Phi) is 6.48. The van der Waals surface area contributed by atoms with Crippen molar-refractivity contribution >= 4 is 27.6 Å². The average molecular weight is 357 g/mol. The van der Waals surface area contributed by atoms with Crippen LogP contribution in [0, 0.1) is 0 Å². The van der Waals surface area contributed by atoms with Crippen molar-refractivity contribution in [3.63, 3.8) is 0 Å². The minimum atomic E-state index is -0.741. The Morgan fingerprint density at radius 2 is 2.14 bits per heavy atom. The lowest BCUT2D eigenvalue weighted by Crippen LogP contribution is -2.37. The number of nitrogens with one attached hydrogen (secondary N) is 1. The third-order valence-electron chi connectivity index (χ3n) is 3.46. The maximum atomic E-state index is 10.5. The van der Waals surface area contributed by atoms with Gasteiger partial charge in [-0.2, -0.15) is 0 Å². The van der Waals surface area contributed by atoms with Crippen LogP contribution in [0.1, 0.15) is 18.4 Å². The van der Waals surface area contributed by atoms with E-state index in [1.165, 1.54) is 11.3 Å². The number of carboxylic acid groups (broad SMARTS) is 1. The molecule has 0 aromatic heterocycles. The second-order valence-electron chi connectivity index (χ2n) is 5.05. The molecule has 0 radical (unpaired) electrons. The minimum absolute atomic E-state index is 0.212. The van der Waals surface area contributed by atoms with Gasteiger partial charge in [0.1, 0.15) is 0 Å². The summed E-state index contributed by atoms with van der Waals surface area (Å²) in [6.07, 6.45) is 0.863. The highest BCUT2D eigenvalue weighted by atomic mass is 79.9. The van der Waals surface area contributed by atoms with Gasteiger partial charge in [-0.25, -0.2) is 0 Å². The highest BCUT2D eigenvalue weighted by Gasteiger charge is 2.15. The molecule has 0 amide bonds. The molecule has 2 N–H and O–H groups in total. The van der Waals surface area contributed by atoms with E-state index in [0.717, 1.165) is 37.3 Å². The van der Waals surface area contributed by atoms with Crippen LogP contribution in [0.25, 0.3) is 0 Å². The van der Waals surface area contributed by atoms with Crippen molar-refractivity contribution in [2.24, 2.45) is 0 Å². The van der Waals surface area contributed by atoms with E-state index in [9.17, 15) is 4.79 Å². The summed E-state index contributed by atoms with van der Waals surface area (Å²) in [6, 6.07) is 6.29. The van der Waals surface area contributed by atoms with Gasteiger partial charge in [0.25, 0.3) is 0 Å². The normalized spacial score (nSPS) is 15.2. The Morgan fingerprint density at radius 1 is 1.38 bits per heavy atom. The molecule has 1 heterocycles.